The Bertz CT molecular complexity index is 995. The molecule has 0 fully saturated rings. The van der Waals surface area contributed by atoms with E-state index >= 15 is 0 Å². The number of rotatable bonds is 6. The fraction of sp³-hybridized carbons (Fsp3) is 0.200. The van der Waals surface area contributed by atoms with Crippen LogP contribution in [-0.4, -0.2) is 24.2 Å². The molecule has 0 atom stereocenters. The molecule has 134 valence electrons. The van der Waals surface area contributed by atoms with Crippen LogP contribution in [0.5, 0.6) is 11.5 Å². The third kappa shape index (κ3) is 3.69. The number of carbonyl (C=O) groups excluding carboxylic acids is 1. The van der Waals surface area contributed by atoms with E-state index in [2.05, 4.69) is 5.32 Å². The SMILES string of the molecule is CCOc1ccccc1NC(=O)Cn1ccc2cc(OC)ccc2c1=O. The zero-order valence-electron chi connectivity index (χ0n) is 14.7. The maximum atomic E-state index is 12.6. The van der Waals surface area contributed by atoms with Gasteiger partial charge in [0.1, 0.15) is 18.0 Å². The fourth-order valence-electron chi connectivity index (χ4n) is 2.71. The first kappa shape index (κ1) is 17.5. The summed E-state index contributed by atoms with van der Waals surface area (Å²) in [7, 11) is 1.58. The van der Waals surface area contributed by atoms with Gasteiger partial charge in [-0.15, -0.1) is 0 Å². The number of hydrogen-bond acceptors (Lipinski definition) is 4. The Morgan fingerprint density at radius 1 is 1.15 bits per heavy atom. The Morgan fingerprint density at radius 2 is 1.96 bits per heavy atom. The number of methoxy groups -OCH3 is 1. The molecule has 0 aliphatic rings. The van der Waals surface area contributed by atoms with Crippen molar-refractivity contribution in [3.63, 3.8) is 0 Å². The van der Waals surface area contributed by atoms with Gasteiger partial charge in [0.25, 0.3) is 5.56 Å². The standard InChI is InChI=1S/C20H20N2O4/c1-3-26-18-7-5-4-6-17(18)21-19(23)13-22-11-10-14-12-15(25-2)8-9-16(14)20(22)24/h4-12H,3,13H2,1-2H3,(H,21,23). The summed E-state index contributed by atoms with van der Waals surface area (Å²) in [4.78, 5) is 25.0. The maximum Gasteiger partial charge on any atom is 0.258 e. The first-order chi connectivity index (χ1) is 12.6. The van der Waals surface area contributed by atoms with Crippen molar-refractivity contribution in [3.8, 4) is 11.5 Å². The largest absolute Gasteiger partial charge is 0.497 e. The lowest BCUT2D eigenvalue weighted by molar-refractivity contribution is -0.116. The van der Waals surface area contributed by atoms with Crippen LogP contribution in [0.1, 0.15) is 6.92 Å². The summed E-state index contributed by atoms with van der Waals surface area (Å²) in [5.41, 5.74) is 0.358. The minimum absolute atomic E-state index is 0.0821. The Morgan fingerprint density at radius 3 is 2.73 bits per heavy atom. The lowest BCUT2D eigenvalue weighted by atomic mass is 10.1. The van der Waals surface area contributed by atoms with Gasteiger partial charge in [-0.2, -0.15) is 0 Å². The van der Waals surface area contributed by atoms with Gasteiger partial charge in [0.2, 0.25) is 5.91 Å². The molecular formula is C20H20N2O4. The van der Waals surface area contributed by atoms with Crippen LogP contribution >= 0.6 is 0 Å². The van der Waals surface area contributed by atoms with E-state index in [1.54, 1.807) is 49.7 Å². The predicted octanol–water partition coefficient (Wildman–Crippen LogP) is 3.05. The number of hydrogen-bond donors (Lipinski definition) is 1. The average Bonchev–Trinajstić information content (AvgIpc) is 2.65. The third-order valence-corrected chi connectivity index (χ3v) is 3.96. The van der Waals surface area contributed by atoms with Crippen molar-refractivity contribution in [2.24, 2.45) is 0 Å². The fourth-order valence-corrected chi connectivity index (χ4v) is 2.71. The van der Waals surface area contributed by atoms with Crippen molar-refractivity contribution in [2.75, 3.05) is 19.0 Å². The minimum atomic E-state index is -0.299. The molecule has 0 spiro atoms. The van der Waals surface area contributed by atoms with Gasteiger partial charge in [-0.05, 0) is 48.7 Å². The molecule has 0 saturated carbocycles. The van der Waals surface area contributed by atoms with Crippen LogP contribution in [0.3, 0.4) is 0 Å². The second kappa shape index (κ2) is 7.74. The van der Waals surface area contributed by atoms with Gasteiger partial charge in [0, 0.05) is 11.6 Å². The monoisotopic (exact) mass is 352 g/mol. The van der Waals surface area contributed by atoms with Crippen molar-refractivity contribution in [1.29, 1.82) is 0 Å². The van der Waals surface area contributed by atoms with E-state index in [9.17, 15) is 9.59 Å². The summed E-state index contributed by atoms with van der Waals surface area (Å²) >= 11 is 0. The molecule has 1 amide bonds. The number of benzene rings is 2. The second-order valence-corrected chi connectivity index (χ2v) is 5.68. The van der Waals surface area contributed by atoms with E-state index in [4.69, 9.17) is 9.47 Å². The number of nitrogens with one attached hydrogen (secondary N) is 1. The van der Waals surface area contributed by atoms with E-state index in [1.165, 1.54) is 4.57 Å². The summed E-state index contributed by atoms with van der Waals surface area (Å²) in [6.45, 7) is 2.30. The third-order valence-electron chi connectivity index (χ3n) is 3.96. The van der Waals surface area contributed by atoms with Crippen LogP contribution in [0.2, 0.25) is 0 Å². The number of para-hydroxylation sites is 2. The van der Waals surface area contributed by atoms with E-state index in [-0.39, 0.29) is 18.0 Å². The lowest BCUT2D eigenvalue weighted by Gasteiger charge is -2.12. The van der Waals surface area contributed by atoms with E-state index in [0.717, 1.165) is 5.39 Å². The number of fused-ring (bicyclic) bond motifs is 1. The van der Waals surface area contributed by atoms with E-state index in [0.29, 0.717) is 29.2 Å². The Labute approximate surface area is 151 Å². The van der Waals surface area contributed by atoms with Crippen molar-refractivity contribution in [3.05, 3.63) is 65.1 Å². The number of nitrogens with zero attached hydrogens (tertiary/aromatic N) is 1. The highest BCUT2D eigenvalue weighted by Gasteiger charge is 2.10. The second-order valence-electron chi connectivity index (χ2n) is 5.68. The molecule has 0 saturated heterocycles. The Kier molecular flexibility index (Phi) is 5.22. The molecule has 1 heterocycles. The minimum Gasteiger partial charge on any atom is -0.497 e. The van der Waals surface area contributed by atoms with Gasteiger partial charge in [-0.3, -0.25) is 9.59 Å². The average molecular weight is 352 g/mol. The normalized spacial score (nSPS) is 10.5. The lowest BCUT2D eigenvalue weighted by Crippen LogP contribution is -2.27. The van der Waals surface area contributed by atoms with Crippen LogP contribution in [0.15, 0.2) is 59.5 Å². The van der Waals surface area contributed by atoms with Crippen molar-refractivity contribution in [1.82, 2.24) is 4.57 Å². The number of anilines is 1. The molecule has 1 aromatic heterocycles. The summed E-state index contributed by atoms with van der Waals surface area (Å²) in [6.07, 6.45) is 1.61. The highest BCUT2D eigenvalue weighted by molar-refractivity contribution is 5.92. The van der Waals surface area contributed by atoms with Crippen LogP contribution in [0.25, 0.3) is 10.8 Å². The summed E-state index contributed by atoms with van der Waals surface area (Å²) < 4.78 is 12.0. The van der Waals surface area contributed by atoms with Gasteiger partial charge in [0.15, 0.2) is 0 Å². The molecule has 6 nitrogen and oxygen atoms in total. The number of amides is 1. The molecule has 2 aromatic carbocycles. The maximum absolute atomic E-state index is 12.6. The number of carbonyl (C=O) groups is 1. The Balaban J connectivity index is 1.82. The van der Waals surface area contributed by atoms with Crippen LogP contribution < -0.4 is 20.3 Å². The quantitative estimate of drug-likeness (QED) is 0.740. The molecule has 3 aromatic rings. The Hall–Kier alpha value is -3.28. The number of ether oxygens (including phenoxy) is 2. The molecule has 26 heavy (non-hydrogen) atoms. The van der Waals surface area contributed by atoms with Gasteiger partial charge in [-0.25, -0.2) is 0 Å². The van der Waals surface area contributed by atoms with Gasteiger partial charge in [-0.1, -0.05) is 12.1 Å². The van der Waals surface area contributed by atoms with Gasteiger partial charge in [0.05, 0.1) is 19.4 Å². The highest BCUT2D eigenvalue weighted by atomic mass is 16.5. The molecule has 0 unspecified atom stereocenters. The molecule has 3 rings (SSSR count). The van der Waals surface area contributed by atoms with Crippen molar-refractivity contribution >= 4 is 22.4 Å². The molecule has 0 aliphatic carbocycles. The first-order valence-electron chi connectivity index (χ1n) is 8.31. The molecule has 0 radical (unpaired) electrons. The van der Waals surface area contributed by atoms with Crippen LogP contribution in [-0.2, 0) is 11.3 Å². The zero-order valence-corrected chi connectivity index (χ0v) is 14.7. The van der Waals surface area contributed by atoms with Crippen LogP contribution in [0.4, 0.5) is 5.69 Å². The molecule has 6 heteroatoms. The van der Waals surface area contributed by atoms with Gasteiger partial charge < -0.3 is 19.4 Å². The van der Waals surface area contributed by atoms with Crippen LogP contribution in [0, 0.1) is 0 Å². The van der Waals surface area contributed by atoms with Crippen molar-refractivity contribution in [2.45, 2.75) is 13.5 Å². The zero-order chi connectivity index (χ0) is 18.5. The summed E-state index contributed by atoms with van der Waals surface area (Å²) in [6, 6.07) is 14.2. The van der Waals surface area contributed by atoms with E-state index < -0.39 is 0 Å². The predicted molar refractivity (Wildman–Crippen MR) is 101 cm³/mol. The first-order valence-corrected chi connectivity index (χ1v) is 8.31. The summed E-state index contributed by atoms with van der Waals surface area (Å²) in [5.74, 6) is 0.980. The topological polar surface area (TPSA) is 69.6 Å². The summed E-state index contributed by atoms with van der Waals surface area (Å²) in [5, 5.41) is 4.10. The van der Waals surface area contributed by atoms with E-state index in [1.807, 2.05) is 19.1 Å². The number of aromatic nitrogens is 1. The molecule has 1 N–H and O–H groups in total. The molecular weight excluding hydrogens is 332 g/mol. The smallest absolute Gasteiger partial charge is 0.258 e. The highest BCUT2D eigenvalue weighted by Crippen LogP contribution is 2.23. The number of pyridine rings is 1. The van der Waals surface area contributed by atoms with Gasteiger partial charge >= 0.3 is 0 Å². The molecule has 0 aliphatic heterocycles. The molecule has 0 bridgehead atoms. The van der Waals surface area contributed by atoms with Crippen molar-refractivity contribution < 1.29 is 14.3 Å².